The number of ether oxygens (including phenoxy) is 1. The summed E-state index contributed by atoms with van der Waals surface area (Å²) < 4.78 is 5.77. The van der Waals surface area contributed by atoms with Gasteiger partial charge >= 0.3 is 0 Å². The predicted octanol–water partition coefficient (Wildman–Crippen LogP) is 5.12. The average Bonchev–Trinajstić information content (AvgIpc) is 2.43. The van der Waals surface area contributed by atoms with Crippen LogP contribution in [0.5, 0.6) is 0 Å². The first kappa shape index (κ1) is 14.6. The summed E-state index contributed by atoms with van der Waals surface area (Å²) in [5.41, 5.74) is 2.60. The summed E-state index contributed by atoms with van der Waals surface area (Å²) in [4.78, 5) is 0. The largest absolute Gasteiger partial charge is 0.377 e. The Hall–Kier alpha value is -0.820. The summed E-state index contributed by atoms with van der Waals surface area (Å²) in [7, 11) is 0. The fraction of sp³-hybridized carbons (Fsp3) is 0.667. The van der Waals surface area contributed by atoms with Crippen LogP contribution in [-0.2, 0) is 11.3 Å². The lowest BCUT2D eigenvalue weighted by Crippen LogP contribution is -2.12. The minimum atomic E-state index is 0.766. The molecule has 0 aromatic heterocycles. The Morgan fingerprint density at radius 3 is 2.42 bits per heavy atom. The van der Waals surface area contributed by atoms with Gasteiger partial charge in [0.2, 0.25) is 0 Å². The molecule has 1 aromatic rings. The Kier molecular flexibility index (Phi) is 5.91. The van der Waals surface area contributed by atoms with Crippen LogP contribution in [0, 0.1) is 18.8 Å². The molecule has 1 aliphatic carbocycles. The molecular formula is C18H28O. The third-order valence-electron chi connectivity index (χ3n) is 4.43. The lowest BCUT2D eigenvalue weighted by molar-refractivity contribution is 0.111. The zero-order chi connectivity index (χ0) is 13.5. The first-order valence-corrected chi connectivity index (χ1v) is 7.87. The molecule has 1 aromatic carbocycles. The van der Waals surface area contributed by atoms with Crippen molar-refractivity contribution in [3.8, 4) is 0 Å². The van der Waals surface area contributed by atoms with Gasteiger partial charge in [0.05, 0.1) is 6.61 Å². The maximum Gasteiger partial charge on any atom is 0.0716 e. The first-order chi connectivity index (χ1) is 9.24. The van der Waals surface area contributed by atoms with Crippen LogP contribution in [0.25, 0.3) is 0 Å². The molecule has 1 heteroatoms. The number of rotatable bonds is 6. The lowest BCUT2D eigenvalue weighted by Gasteiger charge is -2.25. The third-order valence-corrected chi connectivity index (χ3v) is 4.43. The van der Waals surface area contributed by atoms with E-state index >= 15 is 0 Å². The van der Waals surface area contributed by atoms with Gasteiger partial charge in [-0.2, -0.15) is 0 Å². The van der Waals surface area contributed by atoms with Gasteiger partial charge in [0, 0.05) is 6.61 Å². The van der Waals surface area contributed by atoms with Crippen LogP contribution >= 0.6 is 0 Å². The van der Waals surface area contributed by atoms with E-state index in [4.69, 9.17) is 4.74 Å². The van der Waals surface area contributed by atoms with Crippen LogP contribution in [0.3, 0.4) is 0 Å². The molecule has 2 rings (SSSR count). The highest BCUT2D eigenvalue weighted by atomic mass is 16.5. The summed E-state index contributed by atoms with van der Waals surface area (Å²) in [6.45, 7) is 6.19. The second-order valence-corrected chi connectivity index (χ2v) is 6.31. The van der Waals surface area contributed by atoms with Crippen molar-refractivity contribution >= 4 is 0 Å². The molecule has 1 aliphatic rings. The highest BCUT2D eigenvalue weighted by Gasteiger charge is 2.17. The van der Waals surface area contributed by atoms with Gasteiger partial charge in [-0.25, -0.2) is 0 Å². The van der Waals surface area contributed by atoms with Crippen molar-refractivity contribution in [3.63, 3.8) is 0 Å². The average molecular weight is 260 g/mol. The maximum absolute atomic E-state index is 5.77. The van der Waals surface area contributed by atoms with E-state index in [2.05, 4.69) is 38.1 Å². The van der Waals surface area contributed by atoms with E-state index in [0.717, 1.165) is 25.0 Å². The SMILES string of the molecule is Cc1ccc(COCCCC2CCC(C)CC2)cc1. The molecule has 0 saturated heterocycles. The van der Waals surface area contributed by atoms with Crippen molar-refractivity contribution in [1.29, 1.82) is 0 Å². The van der Waals surface area contributed by atoms with Crippen LogP contribution < -0.4 is 0 Å². The number of benzene rings is 1. The molecule has 0 aliphatic heterocycles. The molecule has 19 heavy (non-hydrogen) atoms. The minimum absolute atomic E-state index is 0.766. The van der Waals surface area contributed by atoms with Crippen LogP contribution in [0.1, 0.15) is 56.6 Å². The van der Waals surface area contributed by atoms with Gasteiger partial charge in [0.25, 0.3) is 0 Å². The van der Waals surface area contributed by atoms with Crippen molar-refractivity contribution in [2.24, 2.45) is 11.8 Å². The monoisotopic (exact) mass is 260 g/mol. The van der Waals surface area contributed by atoms with Crippen LogP contribution in [0.15, 0.2) is 24.3 Å². The van der Waals surface area contributed by atoms with E-state index in [1.54, 1.807) is 0 Å². The molecule has 0 amide bonds. The summed E-state index contributed by atoms with van der Waals surface area (Å²) in [6.07, 6.45) is 8.35. The zero-order valence-corrected chi connectivity index (χ0v) is 12.5. The van der Waals surface area contributed by atoms with Crippen LogP contribution in [-0.4, -0.2) is 6.61 Å². The van der Waals surface area contributed by atoms with E-state index in [9.17, 15) is 0 Å². The molecular weight excluding hydrogens is 232 g/mol. The van der Waals surface area contributed by atoms with Crippen molar-refractivity contribution in [1.82, 2.24) is 0 Å². The van der Waals surface area contributed by atoms with Gasteiger partial charge in [0.15, 0.2) is 0 Å². The highest BCUT2D eigenvalue weighted by Crippen LogP contribution is 2.30. The Morgan fingerprint density at radius 2 is 1.74 bits per heavy atom. The molecule has 0 atom stereocenters. The first-order valence-electron chi connectivity index (χ1n) is 7.87. The van der Waals surface area contributed by atoms with Crippen molar-refractivity contribution in [3.05, 3.63) is 35.4 Å². The molecule has 106 valence electrons. The summed E-state index contributed by atoms with van der Waals surface area (Å²) in [5, 5.41) is 0. The third kappa shape index (κ3) is 5.36. The smallest absolute Gasteiger partial charge is 0.0716 e. The van der Waals surface area contributed by atoms with Gasteiger partial charge < -0.3 is 4.74 Å². The maximum atomic E-state index is 5.77. The Bertz CT molecular complexity index is 346. The molecule has 0 N–H and O–H groups in total. The second-order valence-electron chi connectivity index (χ2n) is 6.31. The Balaban J connectivity index is 1.53. The molecule has 1 nitrogen and oxygen atoms in total. The topological polar surface area (TPSA) is 9.23 Å². The minimum Gasteiger partial charge on any atom is -0.377 e. The van der Waals surface area contributed by atoms with Gasteiger partial charge in [0.1, 0.15) is 0 Å². The van der Waals surface area contributed by atoms with Gasteiger partial charge in [-0.15, -0.1) is 0 Å². The van der Waals surface area contributed by atoms with Crippen molar-refractivity contribution in [2.75, 3.05) is 6.61 Å². The van der Waals surface area contributed by atoms with Crippen molar-refractivity contribution in [2.45, 2.75) is 59.0 Å². The van der Waals surface area contributed by atoms with E-state index in [-0.39, 0.29) is 0 Å². The van der Waals surface area contributed by atoms with Crippen LogP contribution in [0.2, 0.25) is 0 Å². The fourth-order valence-corrected chi connectivity index (χ4v) is 2.97. The lowest BCUT2D eigenvalue weighted by atomic mass is 9.81. The Morgan fingerprint density at radius 1 is 1.05 bits per heavy atom. The molecule has 0 unspecified atom stereocenters. The number of hydrogen-bond donors (Lipinski definition) is 0. The quantitative estimate of drug-likeness (QED) is 0.645. The number of hydrogen-bond acceptors (Lipinski definition) is 1. The molecule has 0 radical (unpaired) electrons. The molecule has 1 saturated carbocycles. The fourth-order valence-electron chi connectivity index (χ4n) is 2.97. The van der Waals surface area contributed by atoms with Gasteiger partial charge in [-0.05, 0) is 37.2 Å². The normalized spacial score (nSPS) is 23.5. The molecule has 0 spiro atoms. The van der Waals surface area contributed by atoms with E-state index in [0.29, 0.717) is 0 Å². The second kappa shape index (κ2) is 7.69. The summed E-state index contributed by atoms with van der Waals surface area (Å²) >= 11 is 0. The summed E-state index contributed by atoms with van der Waals surface area (Å²) in [6, 6.07) is 8.64. The highest BCUT2D eigenvalue weighted by molar-refractivity contribution is 5.20. The predicted molar refractivity (Wildman–Crippen MR) is 81.2 cm³/mol. The van der Waals surface area contributed by atoms with Gasteiger partial charge in [-0.3, -0.25) is 0 Å². The zero-order valence-electron chi connectivity index (χ0n) is 12.5. The molecule has 0 bridgehead atoms. The van der Waals surface area contributed by atoms with Crippen molar-refractivity contribution < 1.29 is 4.74 Å². The molecule has 1 fully saturated rings. The Labute approximate surface area is 118 Å². The van der Waals surface area contributed by atoms with Crippen LogP contribution in [0.4, 0.5) is 0 Å². The summed E-state index contributed by atoms with van der Waals surface area (Å²) in [5.74, 6) is 1.94. The van der Waals surface area contributed by atoms with E-state index in [1.165, 1.54) is 49.7 Å². The standard InChI is InChI=1S/C18H28O/c1-15-5-9-17(10-6-15)4-3-13-19-14-18-11-7-16(2)8-12-18/h7-8,11-12,15,17H,3-6,9-10,13-14H2,1-2H3. The van der Waals surface area contributed by atoms with Gasteiger partial charge in [-0.1, -0.05) is 62.4 Å². The molecule has 0 heterocycles. The van der Waals surface area contributed by atoms with E-state index in [1.807, 2.05) is 0 Å². The van der Waals surface area contributed by atoms with E-state index < -0.39 is 0 Å². The number of aryl methyl sites for hydroxylation is 1.